The first kappa shape index (κ1) is 27.0. The van der Waals surface area contributed by atoms with Crippen LogP contribution in [0.5, 0.6) is 0 Å². The van der Waals surface area contributed by atoms with Gasteiger partial charge < -0.3 is 25.3 Å². The lowest BCUT2D eigenvalue weighted by atomic mass is 10.1. The first-order valence-electron chi connectivity index (χ1n) is 11.2. The molecular formula is C21H28F3N7O5. The number of halogens is 3. The number of nitrogens with two attached hydrogens (primary N) is 1. The number of aromatic nitrogens is 4. The van der Waals surface area contributed by atoms with Crippen LogP contribution in [0.2, 0.25) is 0 Å². The summed E-state index contributed by atoms with van der Waals surface area (Å²) in [6.45, 7) is 7.35. The molecule has 2 aromatic rings. The van der Waals surface area contributed by atoms with Gasteiger partial charge in [-0.2, -0.15) is 18.2 Å². The maximum Gasteiger partial charge on any atom is 0.491 e. The molecule has 1 aliphatic rings. The highest BCUT2D eigenvalue weighted by atomic mass is 19.4. The highest BCUT2D eigenvalue weighted by molar-refractivity contribution is 5.86. The van der Waals surface area contributed by atoms with E-state index in [-0.39, 0.29) is 22.3 Å². The topological polar surface area (TPSA) is 146 Å². The van der Waals surface area contributed by atoms with Crippen molar-refractivity contribution < 1.29 is 27.5 Å². The first-order chi connectivity index (χ1) is 16.8. The molecule has 0 aliphatic carbocycles. The molecule has 3 N–H and O–H groups in total. The minimum Gasteiger partial charge on any atom is -0.422 e. The number of anilines is 1. The second kappa shape index (κ2) is 9.79. The lowest BCUT2D eigenvalue weighted by Crippen LogP contribution is -2.60. The lowest BCUT2D eigenvalue weighted by Gasteiger charge is -2.31. The van der Waals surface area contributed by atoms with Gasteiger partial charge in [-0.15, -0.1) is 0 Å². The Kier molecular flexibility index (Phi) is 7.34. The molecule has 36 heavy (non-hydrogen) atoms. The molecule has 1 saturated heterocycles. The smallest absolute Gasteiger partial charge is 0.422 e. The standard InChI is InChI=1S/C21H28F3N7O5/c1-5-20(16(25)33,36-17(34)21(22,23)24)31-15(32)13-14(28(4)19(31)35)27-18(29-10-7-26-8-11-29)30(13)9-6-12(2)3/h6,26H,5,7-11H2,1-4H3,(H2,25,33). The normalized spacial score (nSPS) is 16.0. The van der Waals surface area contributed by atoms with Gasteiger partial charge in [0.25, 0.3) is 17.2 Å². The first-order valence-corrected chi connectivity index (χ1v) is 11.2. The highest BCUT2D eigenvalue weighted by Crippen LogP contribution is 2.27. The van der Waals surface area contributed by atoms with Crippen LogP contribution in [-0.4, -0.2) is 62.9 Å². The van der Waals surface area contributed by atoms with Crippen LogP contribution in [0.3, 0.4) is 0 Å². The summed E-state index contributed by atoms with van der Waals surface area (Å²) in [5, 5.41) is 3.20. The maximum atomic E-state index is 13.8. The Labute approximate surface area is 203 Å². The Morgan fingerprint density at radius 1 is 1.19 bits per heavy atom. The number of fused-ring (bicyclic) bond motifs is 1. The van der Waals surface area contributed by atoms with Crippen molar-refractivity contribution in [3.05, 3.63) is 32.5 Å². The number of imidazole rings is 1. The fourth-order valence-electron chi connectivity index (χ4n) is 4.00. The number of alkyl halides is 3. The van der Waals surface area contributed by atoms with Crippen molar-refractivity contribution in [1.29, 1.82) is 0 Å². The van der Waals surface area contributed by atoms with E-state index < -0.39 is 41.4 Å². The number of esters is 1. The predicted molar refractivity (Wildman–Crippen MR) is 123 cm³/mol. The van der Waals surface area contributed by atoms with E-state index in [1.54, 1.807) is 6.08 Å². The van der Waals surface area contributed by atoms with Crippen LogP contribution < -0.4 is 27.2 Å². The second-order valence-corrected chi connectivity index (χ2v) is 8.58. The number of rotatable bonds is 7. The van der Waals surface area contributed by atoms with Crippen molar-refractivity contribution >= 4 is 29.0 Å². The number of amides is 1. The van der Waals surface area contributed by atoms with Crippen molar-refractivity contribution in [3.63, 3.8) is 0 Å². The molecule has 1 fully saturated rings. The summed E-state index contributed by atoms with van der Waals surface area (Å²) < 4.78 is 46.2. The van der Waals surface area contributed by atoms with Gasteiger partial charge in [0.1, 0.15) is 0 Å². The number of carbonyl (C=O) groups is 2. The van der Waals surface area contributed by atoms with Gasteiger partial charge in [0.15, 0.2) is 11.2 Å². The van der Waals surface area contributed by atoms with Gasteiger partial charge in [-0.25, -0.2) is 14.2 Å². The largest absolute Gasteiger partial charge is 0.491 e. The van der Waals surface area contributed by atoms with Gasteiger partial charge in [0, 0.05) is 46.2 Å². The number of carbonyl (C=O) groups excluding carboxylic acids is 2. The molecule has 1 unspecified atom stereocenters. The van der Waals surface area contributed by atoms with E-state index in [1.165, 1.54) is 11.6 Å². The number of piperazine rings is 1. The van der Waals surface area contributed by atoms with Gasteiger partial charge in [-0.3, -0.25) is 14.2 Å². The van der Waals surface area contributed by atoms with Gasteiger partial charge in [-0.1, -0.05) is 18.6 Å². The summed E-state index contributed by atoms with van der Waals surface area (Å²) >= 11 is 0. The Bertz CT molecular complexity index is 1330. The zero-order valence-electron chi connectivity index (χ0n) is 20.3. The third-order valence-corrected chi connectivity index (χ3v) is 5.93. The number of hydrogen-bond acceptors (Lipinski definition) is 8. The highest BCUT2D eigenvalue weighted by Gasteiger charge is 2.51. The van der Waals surface area contributed by atoms with Crippen molar-refractivity contribution in [2.75, 3.05) is 31.1 Å². The van der Waals surface area contributed by atoms with E-state index in [4.69, 9.17) is 5.73 Å². The summed E-state index contributed by atoms with van der Waals surface area (Å²) in [6, 6.07) is 0. The van der Waals surface area contributed by atoms with Crippen LogP contribution in [0.15, 0.2) is 21.2 Å². The van der Waals surface area contributed by atoms with E-state index in [0.717, 1.165) is 17.1 Å². The van der Waals surface area contributed by atoms with E-state index in [1.807, 2.05) is 18.7 Å². The summed E-state index contributed by atoms with van der Waals surface area (Å²) in [5.41, 5.74) is 0.650. The number of primary amides is 1. The predicted octanol–water partition coefficient (Wildman–Crippen LogP) is -0.0739. The molecule has 15 heteroatoms. The molecule has 1 amide bonds. The molecule has 0 saturated carbocycles. The third kappa shape index (κ3) is 4.62. The van der Waals surface area contributed by atoms with Crippen LogP contribution in [0, 0.1) is 0 Å². The molecule has 3 rings (SSSR count). The summed E-state index contributed by atoms with van der Waals surface area (Å²) in [5.74, 6) is -4.02. The van der Waals surface area contributed by atoms with Crippen molar-refractivity contribution in [2.24, 2.45) is 12.8 Å². The van der Waals surface area contributed by atoms with Crippen LogP contribution in [-0.2, 0) is 33.6 Å². The van der Waals surface area contributed by atoms with E-state index in [9.17, 15) is 32.3 Å². The van der Waals surface area contributed by atoms with Gasteiger partial charge in [-0.05, 0) is 13.8 Å². The van der Waals surface area contributed by atoms with Gasteiger partial charge >= 0.3 is 17.8 Å². The molecule has 0 spiro atoms. The number of nitrogens with one attached hydrogen (secondary N) is 1. The zero-order valence-corrected chi connectivity index (χ0v) is 20.3. The van der Waals surface area contributed by atoms with Gasteiger partial charge in [0.05, 0.1) is 0 Å². The fraction of sp³-hybridized carbons (Fsp3) is 0.571. The average Bonchev–Trinajstić information content (AvgIpc) is 3.20. The van der Waals surface area contributed by atoms with Crippen LogP contribution in [0.4, 0.5) is 19.1 Å². The third-order valence-electron chi connectivity index (χ3n) is 5.93. The van der Waals surface area contributed by atoms with E-state index in [2.05, 4.69) is 15.0 Å². The number of ether oxygens (including phenoxy) is 1. The van der Waals surface area contributed by atoms with Crippen LogP contribution in [0.25, 0.3) is 11.2 Å². The maximum absolute atomic E-state index is 13.8. The zero-order chi connectivity index (χ0) is 27.0. The van der Waals surface area contributed by atoms with Crippen LogP contribution in [0.1, 0.15) is 27.2 Å². The Hall–Kier alpha value is -3.62. The second-order valence-electron chi connectivity index (χ2n) is 8.58. The molecule has 1 aliphatic heterocycles. The number of aryl methyl sites for hydroxylation is 1. The van der Waals surface area contributed by atoms with Crippen molar-refractivity contribution in [2.45, 2.75) is 45.6 Å². The Morgan fingerprint density at radius 3 is 2.31 bits per heavy atom. The molecule has 12 nitrogen and oxygen atoms in total. The minimum absolute atomic E-state index is 0.0476. The molecule has 0 bridgehead atoms. The molecular weight excluding hydrogens is 487 g/mol. The SMILES string of the molecule is CCC(OC(=O)C(F)(F)F)(C(N)=O)n1c(=O)c2c(nc(N3CCNCC3)n2CC=C(C)C)n(C)c1=O. The lowest BCUT2D eigenvalue weighted by molar-refractivity contribution is -0.224. The average molecular weight is 515 g/mol. The molecule has 198 valence electrons. The molecule has 3 heterocycles. The van der Waals surface area contributed by atoms with E-state index in [0.29, 0.717) is 32.1 Å². The molecule has 0 aromatic carbocycles. The number of allylic oxidation sites excluding steroid dienone is 2. The minimum atomic E-state index is -5.50. The molecule has 0 radical (unpaired) electrons. The molecule has 2 aromatic heterocycles. The fourth-order valence-corrected chi connectivity index (χ4v) is 4.00. The monoisotopic (exact) mass is 515 g/mol. The van der Waals surface area contributed by atoms with Crippen molar-refractivity contribution in [3.8, 4) is 0 Å². The number of hydrogen-bond donors (Lipinski definition) is 2. The Morgan fingerprint density at radius 2 is 1.81 bits per heavy atom. The number of nitrogens with zero attached hydrogens (tertiary/aromatic N) is 5. The summed E-state index contributed by atoms with van der Waals surface area (Å²) in [6.07, 6.45) is -4.42. The summed E-state index contributed by atoms with van der Waals surface area (Å²) in [4.78, 5) is 57.6. The Balaban J connectivity index is 2.41. The van der Waals surface area contributed by atoms with Crippen molar-refractivity contribution in [1.82, 2.24) is 24.0 Å². The molecule has 1 atom stereocenters. The quantitative estimate of drug-likeness (QED) is 0.385. The van der Waals surface area contributed by atoms with Gasteiger partial charge in [0.2, 0.25) is 5.95 Å². The van der Waals surface area contributed by atoms with Crippen LogP contribution >= 0.6 is 0 Å². The van der Waals surface area contributed by atoms with E-state index >= 15 is 0 Å². The summed E-state index contributed by atoms with van der Waals surface area (Å²) in [7, 11) is 1.24.